The van der Waals surface area contributed by atoms with Gasteiger partial charge in [0.15, 0.2) is 5.78 Å². The topological polar surface area (TPSA) is 72.9 Å². The lowest BCUT2D eigenvalue weighted by Gasteiger charge is -2.52. The number of amides is 2. The van der Waals surface area contributed by atoms with Crippen LogP contribution in [0.1, 0.15) is 35.2 Å². The molecule has 31 heavy (non-hydrogen) atoms. The van der Waals surface area contributed by atoms with Gasteiger partial charge in [-0.15, -0.1) is 0 Å². The predicted octanol–water partition coefficient (Wildman–Crippen LogP) is 3.09. The molecule has 1 fully saturated rings. The van der Waals surface area contributed by atoms with E-state index in [4.69, 9.17) is 0 Å². The summed E-state index contributed by atoms with van der Waals surface area (Å²) < 4.78 is 26.7. The van der Waals surface area contributed by atoms with E-state index in [2.05, 4.69) is 5.32 Å². The number of rotatable bonds is 4. The van der Waals surface area contributed by atoms with Gasteiger partial charge in [0.25, 0.3) is 0 Å². The Balaban J connectivity index is 1.44. The van der Waals surface area contributed by atoms with E-state index in [9.17, 15) is 23.5 Å². The molecule has 0 aromatic heterocycles. The number of aliphatic hydroxyl groups excluding tert-OH is 1. The highest BCUT2D eigenvalue weighted by Gasteiger charge is 2.46. The Hall–Kier alpha value is -3.00. The van der Waals surface area contributed by atoms with E-state index in [0.717, 1.165) is 5.56 Å². The van der Waals surface area contributed by atoms with Crippen LogP contribution in [-0.2, 0) is 6.54 Å². The standard InChI is InChI=1S/C23H25F2N3O3/c24-17-3-1-16(2-4-17)15-26-22(31)27-9-7-23(8-10-27)14-21(30)19-13-18(25)5-6-20(19)28(23)11-12-29/h1-6,13,29H,7-12,14-15H2,(H,26,31). The van der Waals surface area contributed by atoms with Gasteiger partial charge in [0.1, 0.15) is 11.6 Å². The first kappa shape index (κ1) is 21.2. The van der Waals surface area contributed by atoms with Crippen LogP contribution in [0.15, 0.2) is 42.5 Å². The first-order valence-electron chi connectivity index (χ1n) is 10.4. The zero-order valence-corrected chi connectivity index (χ0v) is 17.1. The summed E-state index contributed by atoms with van der Waals surface area (Å²) in [6, 6.07) is 9.93. The van der Waals surface area contributed by atoms with Gasteiger partial charge in [0.2, 0.25) is 0 Å². The van der Waals surface area contributed by atoms with Crippen molar-refractivity contribution in [3.63, 3.8) is 0 Å². The number of halogens is 2. The zero-order chi connectivity index (χ0) is 22.0. The molecule has 2 aromatic rings. The summed E-state index contributed by atoms with van der Waals surface area (Å²) in [5, 5.41) is 12.5. The van der Waals surface area contributed by atoms with E-state index in [-0.39, 0.29) is 30.7 Å². The highest BCUT2D eigenvalue weighted by Crippen LogP contribution is 2.42. The first-order valence-corrected chi connectivity index (χ1v) is 10.4. The van der Waals surface area contributed by atoms with Crippen molar-refractivity contribution < 1.29 is 23.5 Å². The molecule has 2 heterocycles. The molecule has 0 aliphatic carbocycles. The zero-order valence-electron chi connectivity index (χ0n) is 17.1. The number of fused-ring (bicyclic) bond motifs is 1. The average Bonchev–Trinajstić information content (AvgIpc) is 2.77. The minimum absolute atomic E-state index is 0.0887. The van der Waals surface area contributed by atoms with Crippen molar-refractivity contribution in [1.29, 1.82) is 0 Å². The predicted molar refractivity (Wildman–Crippen MR) is 112 cm³/mol. The Bertz CT molecular complexity index is 973. The molecule has 0 bridgehead atoms. The number of carbonyl (C=O) groups excluding carboxylic acids is 2. The number of benzene rings is 2. The number of β-amino-alcohol motifs (C(OH)–C–C–N with tert-alkyl or cyclic N) is 1. The highest BCUT2D eigenvalue weighted by atomic mass is 19.1. The van der Waals surface area contributed by atoms with Crippen molar-refractivity contribution in [3.05, 3.63) is 65.2 Å². The second-order valence-electron chi connectivity index (χ2n) is 8.13. The van der Waals surface area contributed by atoms with Crippen LogP contribution in [0, 0.1) is 11.6 Å². The molecule has 8 heteroatoms. The largest absolute Gasteiger partial charge is 0.395 e. The number of piperidine rings is 1. The first-order chi connectivity index (χ1) is 14.9. The molecule has 0 atom stereocenters. The summed E-state index contributed by atoms with van der Waals surface area (Å²) in [4.78, 5) is 29.1. The highest BCUT2D eigenvalue weighted by molar-refractivity contribution is 6.04. The Labute approximate surface area is 179 Å². The van der Waals surface area contributed by atoms with Gasteiger partial charge < -0.3 is 20.2 Å². The van der Waals surface area contributed by atoms with Crippen LogP contribution in [0.2, 0.25) is 0 Å². The molecule has 0 saturated carbocycles. The lowest BCUT2D eigenvalue weighted by molar-refractivity contribution is 0.0878. The Morgan fingerprint density at radius 1 is 1.06 bits per heavy atom. The molecule has 6 nitrogen and oxygen atoms in total. The van der Waals surface area contributed by atoms with Crippen LogP contribution in [0.5, 0.6) is 0 Å². The maximum atomic E-state index is 13.7. The summed E-state index contributed by atoms with van der Waals surface area (Å²) in [6.07, 6.45) is 1.37. The Kier molecular flexibility index (Phi) is 5.91. The fourth-order valence-corrected chi connectivity index (χ4v) is 4.63. The molecule has 164 valence electrons. The molecule has 4 rings (SSSR count). The molecule has 2 amide bonds. The van der Waals surface area contributed by atoms with Crippen molar-refractivity contribution in [3.8, 4) is 0 Å². The second kappa shape index (κ2) is 8.63. The third-order valence-electron chi connectivity index (χ3n) is 6.27. The van der Waals surface area contributed by atoms with E-state index in [1.807, 2.05) is 4.90 Å². The van der Waals surface area contributed by atoms with E-state index in [1.165, 1.54) is 24.3 Å². The third-order valence-corrected chi connectivity index (χ3v) is 6.27. The van der Waals surface area contributed by atoms with Crippen molar-refractivity contribution in [1.82, 2.24) is 10.2 Å². The summed E-state index contributed by atoms with van der Waals surface area (Å²) >= 11 is 0. The molecule has 0 radical (unpaired) electrons. The monoisotopic (exact) mass is 429 g/mol. The maximum Gasteiger partial charge on any atom is 0.317 e. The number of carbonyl (C=O) groups is 2. The summed E-state index contributed by atoms with van der Waals surface area (Å²) in [5.74, 6) is -0.896. The third kappa shape index (κ3) is 4.25. The molecule has 1 spiro atoms. The van der Waals surface area contributed by atoms with Crippen LogP contribution in [0.3, 0.4) is 0 Å². The lowest BCUT2D eigenvalue weighted by atomic mass is 9.76. The van der Waals surface area contributed by atoms with E-state index in [0.29, 0.717) is 50.3 Å². The molecular formula is C23H25F2N3O3. The van der Waals surface area contributed by atoms with Gasteiger partial charge in [-0.25, -0.2) is 13.6 Å². The number of nitrogens with one attached hydrogen (secondary N) is 1. The maximum absolute atomic E-state index is 13.7. The average molecular weight is 429 g/mol. The summed E-state index contributed by atoms with van der Waals surface area (Å²) in [7, 11) is 0. The molecule has 0 unspecified atom stereocenters. The Morgan fingerprint density at radius 2 is 1.74 bits per heavy atom. The van der Waals surface area contributed by atoms with Crippen LogP contribution < -0.4 is 10.2 Å². The number of anilines is 1. The number of Topliss-reactive ketones (excluding diaryl/α,β-unsaturated/α-hetero) is 1. The fraction of sp³-hybridized carbons (Fsp3) is 0.391. The Morgan fingerprint density at radius 3 is 2.42 bits per heavy atom. The van der Waals surface area contributed by atoms with Crippen molar-refractivity contribution in [2.45, 2.75) is 31.3 Å². The van der Waals surface area contributed by atoms with Crippen molar-refractivity contribution in [2.75, 3.05) is 31.1 Å². The van der Waals surface area contributed by atoms with Gasteiger partial charge in [-0.3, -0.25) is 4.79 Å². The number of hydrogen-bond donors (Lipinski definition) is 2. The van der Waals surface area contributed by atoms with E-state index < -0.39 is 11.4 Å². The quantitative estimate of drug-likeness (QED) is 0.784. The number of ketones is 1. The SMILES string of the molecule is O=C1CC2(CCN(C(=O)NCc3ccc(F)cc3)CC2)N(CCO)c2ccc(F)cc21. The van der Waals surface area contributed by atoms with Crippen LogP contribution in [0.4, 0.5) is 19.3 Å². The van der Waals surface area contributed by atoms with Gasteiger partial charge >= 0.3 is 6.03 Å². The summed E-state index contributed by atoms with van der Waals surface area (Å²) in [6.45, 7) is 1.47. The molecule has 1 saturated heterocycles. The number of hydrogen-bond acceptors (Lipinski definition) is 4. The van der Waals surface area contributed by atoms with Crippen molar-refractivity contribution in [2.24, 2.45) is 0 Å². The number of urea groups is 1. The van der Waals surface area contributed by atoms with E-state index in [1.54, 1.807) is 23.1 Å². The second-order valence-corrected chi connectivity index (χ2v) is 8.13. The van der Waals surface area contributed by atoms with Crippen LogP contribution in [0.25, 0.3) is 0 Å². The van der Waals surface area contributed by atoms with Crippen molar-refractivity contribution >= 4 is 17.5 Å². The molecular weight excluding hydrogens is 404 g/mol. The van der Waals surface area contributed by atoms with Crippen LogP contribution in [-0.4, -0.2) is 53.6 Å². The number of nitrogens with zero attached hydrogens (tertiary/aromatic N) is 2. The van der Waals surface area contributed by atoms with Gasteiger partial charge in [0, 0.05) is 43.9 Å². The molecule has 2 N–H and O–H groups in total. The molecule has 2 aromatic carbocycles. The number of aliphatic hydroxyl groups is 1. The lowest BCUT2D eigenvalue weighted by Crippen LogP contribution is -2.60. The normalized spacial score (nSPS) is 17.6. The van der Waals surface area contributed by atoms with Gasteiger partial charge in [-0.2, -0.15) is 0 Å². The van der Waals surface area contributed by atoms with Crippen LogP contribution >= 0.6 is 0 Å². The smallest absolute Gasteiger partial charge is 0.317 e. The minimum atomic E-state index is -0.502. The van der Waals surface area contributed by atoms with E-state index >= 15 is 0 Å². The fourth-order valence-electron chi connectivity index (χ4n) is 4.63. The molecule has 2 aliphatic heterocycles. The van der Waals surface area contributed by atoms with Gasteiger partial charge in [-0.05, 0) is 48.7 Å². The van der Waals surface area contributed by atoms with Gasteiger partial charge in [0.05, 0.1) is 12.1 Å². The molecule has 2 aliphatic rings. The van der Waals surface area contributed by atoms with Gasteiger partial charge in [-0.1, -0.05) is 12.1 Å². The summed E-state index contributed by atoms with van der Waals surface area (Å²) in [5.41, 5.74) is 1.29. The number of likely N-dealkylation sites (tertiary alicyclic amines) is 1. The minimum Gasteiger partial charge on any atom is -0.395 e.